The lowest BCUT2D eigenvalue weighted by Gasteiger charge is -2.15. The van der Waals surface area contributed by atoms with E-state index in [0.29, 0.717) is 28.0 Å². The fraction of sp³-hybridized carbons (Fsp3) is 0.115. The summed E-state index contributed by atoms with van der Waals surface area (Å²) >= 11 is 0. The zero-order chi connectivity index (χ0) is 22.5. The quantitative estimate of drug-likeness (QED) is 0.246. The van der Waals surface area contributed by atoms with Crippen molar-refractivity contribution in [2.24, 2.45) is 0 Å². The molecule has 0 fully saturated rings. The molecule has 1 aliphatic heterocycles. The number of carbonyl (C=O) groups is 3. The Morgan fingerprint density at radius 3 is 2.09 bits per heavy atom. The van der Waals surface area contributed by atoms with Gasteiger partial charge in [0, 0.05) is 5.56 Å². The summed E-state index contributed by atoms with van der Waals surface area (Å²) < 4.78 is 10.9. The molecule has 1 heterocycles. The second kappa shape index (κ2) is 9.31. The predicted molar refractivity (Wildman–Crippen MR) is 120 cm³/mol. The lowest BCUT2D eigenvalue weighted by molar-refractivity contribution is -0.136. The van der Waals surface area contributed by atoms with E-state index in [0.717, 1.165) is 10.5 Å². The summed E-state index contributed by atoms with van der Waals surface area (Å²) in [6.07, 6.45) is 1.71. The fourth-order valence-electron chi connectivity index (χ4n) is 3.57. The summed E-state index contributed by atoms with van der Waals surface area (Å²) in [5.74, 6) is -0.692. The van der Waals surface area contributed by atoms with Gasteiger partial charge in [0.15, 0.2) is 0 Å². The third-order valence-corrected chi connectivity index (χ3v) is 5.17. The normalized spacial score (nSPS) is 13.2. The van der Waals surface area contributed by atoms with Gasteiger partial charge < -0.3 is 9.47 Å². The highest BCUT2D eigenvalue weighted by atomic mass is 16.5. The summed E-state index contributed by atoms with van der Waals surface area (Å²) in [7, 11) is 1.56. The van der Waals surface area contributed by atoms with E-state index in [2.05, 4.69) is 0 Å². The van der Waals surface area contributed by atoms with Crippen molar-refractivity contribution >= 4 is 29.4 Å². The monoisotopic (exact) mass is 427 g/mol. The Hall–Kier alpha value is -4.19. The molecule has 3 aromatic carbocycles. The van der Waals surface area contributed by atoms with Crippen molar-refractivity contribution < 1.29 is 23.9 Å². The number of carbonyl (C=O) groups excluding carboxylic acids is 3. The van der Waals surface area contributed by atoms with Crippen LogP contribution in [0.2, 0.25) is 0 Å². The second-order valence-electron chi connectivity index (χ2n) is 7.11. The maximum absolute atomic E-state index is 13.0. The van der Waals surface area contributed by atoms with Gasteiger partial charge in [0.1, 0.15) is 12.4 Å². The van der Waals surface area contributed by atoms with Gasteiger partial charge >= 0.3 is 5.97 Å². The van der Waals surface area contributed by atoms with Crippen LogP contribution in [-0.4, -0.2) is 42.9 Å². The van der Waals surface area contributed by atoms with Crippen LogP contribution in [0.25, 0.3) is 11.6 Å². The number of rotatable bonds is 7. The highest BCUT2D eigenvalue weighted by molar-refractivity contribution is 6.22. The molecular weight excluding hydrogens is 406 g/mol. The lowest BCUT2D eigenvalue weighted by atomic mass is 10.0. The molecule has 4 rings (SSSR count). The zero-order valence-corrected chi connectivity index (χ0v) is 17.5. The number of ether oxygens (including phenoxy) is 2. The molecule has 0 unspecified atom stereocenters. The molecule has 0 saturated heterocycles. The minimum atomic E-state index is -0.557. The third kappa shape index (κ3) is 4.16. The number of benzene rings is 3. The summed E-state index contributed by atoms with van der Waals surface area (Å²) in [6.45, 7) is -0.130. The van der Waals surface area contributed by atoms with E-state index >= 15 is 0 Å². The molecule has 2 amide bonds. The van der Waals surface area contributed by atoms with E-state index in [1.807, 2.05) is 54.6 Å². The van der Waals surface area contributed by atoms with Crippen molar-refractivity contribution in [1.29, 1.82) is 0 Å². The second-order valence-corrected chi connectivity index (χ2v) is 7.11. The molecule has 0 spiro atoms. The van der Waals surface area contributed by atoms with Crippen LogP contribution in [-0.2, 0) is 9.53 Å². The molecule has 3 aromatic rings. The summed E-state index contributed by atoms with van der Waals surface area (Å²) in [6, 6.07) is 23.1. The van der Waals surface area contributed by atoms with Gasteiger partial charge in [-0.1, -0.05) is 60.7 Å². The Morgan fingerprint density at radius 2 is 1.44 bits per heavy atom. The van der Waals surface area contributed by atoms with Crippen molar-refractivity contribution in [1.82, 2.24) is 4.90 Å². The summed E-state index contributed by atoms with van der Waals surface area (Å²) in [4.78, 5) is 39.1. The number of imide groups is 1. The van der Waals surface area contributed by atoms with Crippen molar-refractivity contribution in [2.75, 3.05) is 20.3 Å². The fourth-order valence-corrected chi connectivity index (χ4v) is 3.57. The molecule has 1 aliphatic rings. The molecule has 0 aromatic heterocycles. The van der Waals surface area contributed by atoms with Gasteiger partial charge in [-0.05, 0) is 29.8 Å². The van der Waals surface area contributed by atoms with Crippen molar-refractivity contribution in [3.05, 3.63) is 101 Å². The SMILES string of the molecule is COc1ccccc1C=C(C(=O)OCCN1C(=O)c2ccccc2C1=O)c1ccccc1. The van der Waals surface area contributed by atoms with E-state index in [1.54, 1.807) is 37.5 Å². The van der Waals surface area contributed by atoms with Gasteiger partial charge in [0.2, 0.25) is 0 Å². The highest BCUT2D eigenvalue weighted by Gasteiger charge is 2.34. The third-order valence-electron chi connectivity index (χ3n) is 5.17. The largest absolute Gasteiger partial charge is 0.496 e. The van der Waals surface area contributed by atoms with Gasteiger partial charge in [0.05, 0.1) is 30.4 Å². The minimum absolute atomic E-state index is 0.0190. The first-order valence-corrected chi connectivity index (χ1v) is 10.1. The molecule has 160 valence electrons. The molecule has 0 aliphatic carbocycles. The van der Waals surface area contributed by atoms with Gasteiger partial charge in [-0.2, -0.15) is 0 Å². The molecule has 0 saturated carbocycles. The first-order chi connectivity index (χ1) is 15.6. The van der Waals surface area contributed by atoms with Gasteiger partial charge in [-0.3, -0.25) is 14.5 Å². The standard InChI is InChI=1S/C26H21NO5/c1-31-23-14-8-5-11-19(23)17-22(18-9-3-2-4-10-18)26(30)32-16-15-27-24(28)20-12-6-7-13-21(20)25(27)29/h2-14,17H,15-16H2,1H3. The van der Waals surface area contributed by atoms with Gasteiger partial charge in [-0.25, -0.2) is 4.79 Å². The molecule has 0 radical (unpaired) electrons. The molecule has 32 heavy (non-hydrogen) atoms. The van der Waals surface area contributed by atoms with Crippen LogP contribution in [0.5, 0.6) is 5.75 Å². The average molecular weight is 427 g/mol. The number of fused-ring (bicyclic) bond motifs is 1. The predicted octanol–water partition coefficient (Wildman–Crippen LogP) is 4.08. The Morgan fingerprint density at radius 1 is 0.844 bits per heavy atom. The Labute approximate surface area is 185 Å². The molecule has 6 nitrogen and oxygen atoms in total. The van der Waals surface area contributed by atoms with Crippen molar-refractivity contribution in [2.45, 2.75) is 0 Å². The maximum atomic E-state index is 13.0. The Bertz CT molecular complexity index is 1160. The van der Waals surface area contributed by atoms with Gasteiger partial charge in [-0.15, -0.1) is 0 Å². The topological polar surface area (TPSA) is 72.9 Å². The van der Waals surface area contributed by atoms with E-state index in [9.17, 15) is 14.4 Å². The highest BCUT2D eigenvalue weighted by Crippen LogP contribution is 2.26. The minimum Gasteiger partial charge on any atom is -0.496 e. The summed E-state index contributed by atoms with van der Waals surface area (Å²) in [5, 5.41) is 0. The number of hydrogen-bond donors (Lipinski definition) is 0. The van der Waals surface area contributed by atoms with Crippen LogP contribution in [0.3, 0.4) is 0 Å². The van der Waals surface area contributed by atoms with E-state index in [4.69, 9.17) is 9.47 Å². The number of amides is 2. The van der Waals surface area contributed by atoms with E-state index in [1.165, 1.54) is 0 Å². The number of nitrogens with zero attached hydrogens (tertiary/aromatic N) is 1. The summed E-state index contributed by atoms with van der Waals surface area (Å²) in [5.41, 5.74) is 2.49. The first-order valence-electron chi connectivity index (χ1n) is 10.1. The van der Waals surface area contributed by atoms with Crippen LogP contribution in [0.15, 0.2) is 78.9 Å². The lowest BCUT2D eigenvalue weighted by Crippen LogP contribution is -2.33. The smallest absolute Gasteiger partial charge is 0.338 e. The molecule has 0 N–H and O–H groups in total. The molecule has 0 atom stereocenters. The molecule has 6 heteroatoms. The van der Waals surface area contributed by atoms with Crippen molar-refractivity contribution in [3.63, 3.8) is 0 Å². The Kier molecular flexibility index (Phi) is 6.12. The van der Waals surface area contributed by atoms with Crippen LogP contribution in [0, 0.1) is 0 Å². The van der Waals surface area contributed by atoms with Crippen LogP contribution >= 0.6 is 0 Å². The van der Waals surface area contributed by atoms with Crippen LogP contribution in [0.4, 0.5) is 0 Å². The number of para-hydroxylation sites is 1. The van der Waals surface area contributed by atoms with Crippen LogP contribution in [0.1, 0.15) is 31.8 Å². The number of esters is 1. The van der Waals surface area contributed by atoms with E-state index in [-0.39, 0.29) is 25.0 Å². The van der Waals surface area contributed by atoms with Gasteiger partial charge in [0.25, 0.3) is 11.8 Å². The zero-order valence-electron chi connectivity index (χ0n) is 17.5. The van der Waals surface area contributed by atoms with E-state index < -0.39 is 5.97 Å². The maximum Gasteiger partial charge on any atom is 0.338 e. The van der Waals surface area contributed by atoms with Crippen molar-refractivity contribution in [3.8, 4) is 5.75 Å². The average Bonchev–Trinajstić information content (AvgIpc) is 3.08. The molecule has 0 bridgehead atoms. The Balaban J connectivity index is 1.51. The molecular formula is C26H21NO5. The number of methoxy groups -OCH3 is 1. The van der Waals surface area contributed by atoms with Crippen LogP contribution < -0.4 is 4.74 Å². The number of hydrogen-bond acceptors (Lipinski definition) is 5. The first kappa shape index (κ1) is 21.1.